The first-order valence-corrected chi connectivity index (χ1v) is 10.8. The molecule has 0 aliphatic carbocycles. The third-order valence-electron chi connectivity index (χ3n) is 6.59. The lowest BCUT2D eigenvalue weighted by Gasteiger charge is -2.43. The number of aromatic amines is 1. The van der Waals surface area contributed by atoms with Gasteiger partial charge in [0.25, 0.3) is 0 Å². The first-order chi connectivity index (χ1) is 15.1. The number of nitrogens with one attached hydrogen (secondary N) is 2. The molecule has 5 nitrogen and oxygen atoms in total. The Hall–Kier alpha value is -3.41. The quantitative estimate of drug-likeness (QED) is 0.636. The Bertz CT molecular complexity index is 1090. The Morgan fingerprint density at radius 2 is 2.00 bits per heavy atom. The van der Waals surface area contributed by atoms with Gasteiger partial charge in [0.2, 0.25) is 0 Å². The first-order valence-electron chi connectivity index (χ1n) is 10.8. The van der Waals surface area contributed by atoms with Gasteiger partial charge in [-0.2, -0.15) is 10.5 Å². The van der Waals surface area contributed by atoms with Gasteiger partial charge >= 0.3 is 0 Å². The van der Waals surface area contributed by atoms with Crippen molar-refractivity contribution in [3.8, 4) is 12.1 Å². The molecule has 156 valence electrons. The van der Waals surface area contributed by atoms with Gasteiger partial charge < -0.3 is 10.3 Å². The molecule has 3 aromatic rings. The molecule has 0 spiro atoms. The van der Waals surface area contributed by atoms with Crippen LogP contribution in [0.2, 0.25) is 0 Å². The summed E-state index contributed by atoms with van der Waals surface area (Å²) in [6.45, 7) is 3.74. The van der Waals surface area contributed by atoms with E-state index >= 15 is 0 Å². The van der Waals surface area contributed by atoms with Crippen molar-refractivity contribution in [2.75, 3.05) is 13.1 Å². The van der Waals surface area contributed by atoms with Crippen molar-refractivity contribution >= 4 is 0 Å². The summed E-state index contributed by atoms with van der Waals surface area (Å²) in [5, 5.41) is 23.1. The summed E-state index contributed by atoms with van der Waals surface area (Å²) >= 11 is 0. The van der Waals surface area contributed by atoms with Crippen molar-refractivity contribution < 1.29 is 0 Å². The van der Waals surface area contributed by atoms with E-state index in [-0.39, 0.29) is 11.8 Å². The van der Waals surface area contributed by atoms with Crippen molar-refractivity contribution in [1.29, 1.82) is 10.5 Å². The van der Waals surface area contributed by atoms with E-state index < -0.39 is 5.41 Å². The second kappa shape index (κ2) is 9.16. The lowest BCUT2D eigenvalue weighted by atomic mass is 9.62. The van der Waals surface area contributed by atoms with Gasteiger partial charge in [0, 0.05) is 24.4 Å². The minimum Gasteiger partial charge on any atom is -0.348 e. The van der Waals surface area contributed by atoms with Crippen molar-refractivity contribution in [2.45, 2.75) is 32.1 Å². The summed E-state index contributed by atoms with van der Waals surface area (Å²) in [7, 11) is 0. The van der Waals surface area contributed by atoms with E-state index in [4.69, 9.17) is 5.26 Å². The average molecular weight is 410 g/mol. The van der Waals surface area contributed by atoms with Gasteiger partial charge in [-0.25, -0.2) is 4.98 Å². The van der Waals surface area contributed by atoms with Crippen molar-refractivity contribution in [3.63, 3.8) is 0 Å². The molecule has 31 heavy (non-hydrogen) atoms. The Morgan fingerprint density at radius 3 is 2.68 bits per heavy atom. The monoisotopic (exact) mass is 409 g/mol. The van der Waals surface area contributed by atoms with Crippen LogP contribution in [0.15, 0.2) is 61.1 Å². The highest BCUT2D eigenvalue weighted by Crippen LogP contribution is 2.45. The number of piperidine rings is 1. The maximum Gasteiger partial charge on any atom is 0.0991 e. The fourth-order valence-corrected chi connectivity index (χ4v) is 4.97. The summed E-state index contributed by atoms with van der Waals surface area (Å²) < 4.78 is 0. The molecule has 2 aromatic carbocycles. The zero-order valence-electron chi connectivity index (χ0n) is 17.8. The fourth-order valence-electron chi connectivity index (χ4n) is 4.97. The van der Waals surface area contributed by atoms with E-state index in [0.717, 1.165) is 43.6 Å². The molecule has 0 saturated carbocycles. The smallest absolute Gasteiger partial charge is 0.0991 e. The molecule has 0 amide bonds. The summed E-state index contributed by atoms with van der Waals surface area (Å²) in [6, 6.07) is 21.2. The topological polar surface area (TPSA) is 88.3 Å². The number of H-pyrrole nitrogens is 1. The number of benzene rings is 2. The Kier molecular flexibility index (Phi) is 6.16. The number of aromatic nitrogens is 2. The van der Waals surface area contributed by atoms with Gasteiger partial charge in [-0.05, 0) is 61.9 Å². The molecule has 5 heteroatoms. The Balaban J connectivity index is 1.70. The van der Waals surface area contributed by atoms with Crippen LogP contribution < -0.4 is 5.32 Å². The van der Waals surface area contributed by atoms with Gasteiger partial charge in [0.05, 0.1) is 29.4 Å². The summed E-state index contributed by atoms with van der Waals surface area (Å²) in [6.07, 6.45) is 5.96. The number of imidazole rings is 1. The molecule has 2 heterocycles. The SMILES string of the molecule is Cc1cccc(CC2(C#N)CCNCC2C(Cc2ccc(C#N)cc2)c2cnc[nH]2)c1. The van der Waals surface area contributed by atoms with Crippen LogP contribution in [0.1, 0.15) is 40.3 Å². The van der Waals surface area contributed by atoms with Gasteiger partial charge in [-0.3, -0.25) is 0 Å². The van der Waals surface area contributed by atoms with E-state index in [1.165, 1.54) is 11.1 Å². The molecule has 0 bridgehead atoms. The first kappa shape index (κ1) is 20.8. The minimum absolute atomic E-state index is 0.118. The number of rotatable bonds is 6. The number of nitriles is 2. The number of hydrogen-bond donors (Lipinski definition) is 2. The third kappa shape index (κ3) is 4.53. The second-order valence-corrected chi connectivity index (χ2v) is 8.62. The van der Waals surface area contributed by atoms with E-state index in [9.17, 15) is 5.26 Å². The maximum absolute atomic E-state index is 10.5. The van der Waals surface area contributed by atoms with Gasteiger partial charge in [-0.15, -0.1) is 0 Å². The summed E-state index contributed by atoms with van der Waals surface area (Å²) in [5.74, 6) is 0.246. The molecular weight excluding hydrogens is 382 g/mol. The highest BCUT2D eigenvalue weighted by molar-refractivity contribution is 5.33. The van der Waals surface area contributed by atoms with Crippen LogP contribution in [-0.2, 0) is 12.8 Å². The number of hydrogen-bond acceptors (Lipinski definition) is 4. The second-order valence-electron chi connectivity index (χ2n) is 8.62. The van der Waals surface area contributed by atoms with Crippen molar-refractivity contribution in [2.24, 2.45) is 11.3 Å². The van der Waals surface area contributed by atoms with Crippen molar-refractivity contribution in [3.05, 3.63) is 89.0 Å². The highest BCUT2D eigenvalue weighted by Gasteiger charge is 2.45. The lowest BCUT2D eigenvalue weighted by molar-refractivity contribution is 0.142. The number of aryl methyl sites for hydroxylation is 1. The summed E-state index contributed by atoms with van der Waals surface area (Å²) in [4.78, 5) is 7.59. The molecule has 2 N–H and O–H groups in total. The van der Waals surface area contributed by atoms with Crippen LogP contribution >= 0.6 is 0 Å². The average Bonchev–Trinajstić information content (AvgIpc) is 3.33. The van der Waals surface area contributed by atoms with Crippen LogP contribution in [0.4, 0.5) is 0 Å². The van der Waals surface area contributed by atoms with Gasteiger partial charge in [0.1, 0.15) is 0 Å². The van der Waals surface area contributed by atoms with E-state index in [2.05, 4.69) is 58.6 Å². The van der Waals surface area contributed by atoms with Crippen LogP contribution in [0.3, 0.4) is 0 Å². The standard InChI is InChI=1S/C26H27N5/c1-19-3-2-4-22(11-19)13-26(17-28)9-10-29-15-24(26)23(25-16-30-18-31-25)12-20-5-7-21(14-27)8-6-20/h2-8,11,16,18,23-24,29H,9-10,12-13,15H2,1H3,(H,30,31). The highest BCUT2D eigenvalue weighted by atomic mass is 14.9. The normalized spacial score (nSPS) is 21.7. The summed E-state index contributed by atoms with van der Waals surface area (Å²) in [5.41, 5.74) is 4.86. The van der Waals surface area contributed by atoms with Crippen LogP contribution in [-0.4, -0.2) is 23.1 Å². The zero-order chi connectivity index (χ0) is 21.7. The van der Waals surface area contributed by atoms with E-state index in [0.29, 0.717) is 5.56 Å². The minimum atomic E-state index is -0.457. The third-order valence-corrected chi connectivity index (χ3v) is 6.59. The Morgan fingerprint density at radius 1 is 1.16 bits per heavy atom. The molecule has 3 atom stereocenters. The molecule has 4 rings (SSSR count). The molecule has 1 saturated heterocycles. The van der Waals surface area contributed by atoms with Crippen LogP contribution in [0.5, 0.6) is 0 Å². The molecule has 3 unspecified atom stereocenters. The number of nitrogens with zero attached hydrogens (tertiary/aromatic N) is 3. The predicted molar refractivity (Wildman–Crippen MR) is 120 cm³/mol. The Labute approximate surface area is 183 Å². The lowest BCUT2D eigenvalue weighted by Crippen LogP contribution is -2.48. The largest absolute Gasteiger partial charge is 0.348 e. The van der Waals surface area contributed by atoms with E-state index in [1.54, 1.807) is 6.33 Å². The van der Waals surface area contributed by atoms with Gasteiger partial charge in [0.15, 0.2) is 0 Å². The van der Waals surface area contributed by atoms with Crippen molar-refractivity contribution in [1.82, 2.24) is 15.3 Å². The molecule has 1 aromatic heterocycles. The zero-order valence-corrected chi connectivity index (χ0v) is 17.8. The molecule has 1 aliphatic rings. The maximum atomic E-state index is 10.5. The molecular formula is C26H27N5. The molecule has 1 aliphatic heterocycles. The molecule has 0 radical (unpaired) electrons. The van der Waals surface area contributed by atoms with E-state index in [1.807, 2.05) is 30.5 Å². The predicted octanol–water partition coefficient (Wildman–Crippen LogP) is 4.28. The van der Waals surface area contributed by atoms with Crippen LogP contribution in [0, 0.1) is 40.9 Å². The fraction of sp³-hybridized carbons (Fsp3) is 0.346. The molecule has 1 fully saturated rings. The van der Waals surface area contributed by atoms with Crippen LogP contribution in [0.25, 0.3) is 0 Å². The van der Waals surface area contributed by atoms with Gasteiger partial charge in [-0.1, -0.05) is 42.0 Å².